The summed E-state index contributed by atoms with van der Waals surface area (Å²) in [5, 5.41) is 6.69. The number of nitrogens with zero attached hydrogens (tertiary/aromatic N) is 1. The molecule has 3 aromatic rings. The molecular weight excluding hydrogens is 316 g/mol. The summed E-state index contributed by atoms with van der Waals surface area (Å²) < 4.78 is 10.8. The number of hydrogen-bond acceptors (Lipinski definition) is 4. The molecule has 0 atom stereocenters. The van der Waals surface area contributed by atoms with E-state index in [2.05, 4.69) is 10.5 Å². The van der Waals surface area contributed by atoms with Gasteiger partial charge in [-0.3, -0.25) is 4.79 Å². The van der Waals surface area contributed by atoms with Crippen LogP contribution in [0, 0.1) is 0 Å². The molecule has 126 valence electrons. The molecule has 5 nitrogen and oxygen atoms in total. The molecule has 0 fully saturated rings. The molecule has 3 rings (SSSR count). The first-order valence-corrected chi connectivity index (χ1v) is 7.93. The lowest BCUT2D eigenvalue weighted by Crippen LogP contribution is -2.19. The summed E-state index contributed by atoms with van der Waals surface area (Å²) in [6.07, 6.45) is 3.25. The standard InChI is InChI=1S/C20H18N2O3/c23-20(12-11-16-7-3-1-4-8-16)21-14-19-13-17(22-25-19)15-24-18-9-5-2-6-10-18/h1-13H,14-15H2,(H,21,23)/b12-11-. The summed E-state index contributed by atoms with van der Waals surface area (Å²) in [4.78, 5) is 11.8. The first-order chi connectivity index (χ1) is 12.3. The first-order valence-electron chi connectivity index (χ1n) is 7.93. The average Bonchev–Trinajstić information content (AvgIpc) is 3.13. The van der Waals surface area contributed by atoms with E-state index in [0.29, 0.717) is 18.1 Å². The number of carbonyl (C=O) groups is 1. The zero-order valence-corrected chi connectivity index (χ0v) is 13.6. The van der Waals surface area contributed by atoms with E-state index < -0.39 is 0 Å². The Kier molecular flexibility index (Phi) is 5.61. The molecule has 0 aliphatic rings. The van der Waals surface area contributed by atoms with Crippen LogP contribution in [-0.4, -0.2) is 11.1 Å². The van der Waals surface area contributed by atoms with E-state index in [4.69, 9.17) is 9.26 Å². The Balaban J connectivity index is 1.45. The van der Waals surface area contributed by atoms with E-state index in [0.717, 1.165) is 11.3 Å². The molecule has 25 heavy (non-hydrogen) atoms. The quantitative estimate of drug-likeness (QED) is 0.671. The van der Waals surface area contributed by atoms with Gasteiger partial charge in [0.05, 0.1) is 6.54 Å². The summed E-state index contributed by atoms with van der Waals surface area (Å²) in [5.41, 5.74) is 1.64. The molecular formula is C20H18N2O3. The van der Waals surface area contributed by atoms with Crippen LogP contribution in [0.2, 0.25) is 0 Å². The van der Waals surface area contributed by atoms with Gasteiger partial charge in [-0.25, -0.2) is 0 Å². The van der Waals surface area contributed by atoms with Gasteiger partial charge in [0, 0.05) is 12.1 Å². The van der Waals surface area contributed by atoms with E-state index in [1.54, 1.807) is 12.1 Å². The second kappa shape index (κ2) is 8.49. The summed E-state index contributed by atoms with van der Waals surface area (Å²) >= 11 is 0. The Bertz CT molecular complexity index is 826. The highest BCUT2D eigenvalue weighted by atomic mass is 16.5. The first kappa shape index (κ1) is 16.5. The zero-order valence-electron chi connectivity index (χ0n) is 13.6. The Morgan fingerprint density at radius 1 is 1.08 bits per heavy atom. The van der Waals surface area contributed by atoms with Crippen molar-refractivity contribution in [2.24, 2.45) is 0 Å². The SMILES string of the molecule is O=C(/C=C\c1ccccc1)NCc1cc(COc2ccccc2)no1. The minimum atomic E-state index is -0.192. The molecule has 0 aliphatic heterocycles. The maximum atomic E-state index is 11.8. The lowest BCUT2D eigenvalue weighted by Gasteiger charge is -2.01. The maximum Gasteiger partial charge on any atom is 0.244 e. The highest BCUT2D eigenvalue weighted by Gasteiger charge is 2.06. The van der Waals surface area contributed by atoms with Crippen molar-refractivity contribution in [2.75, 3.05) is 0 Å². The highest BCUT2D eigenvalue weighted by molar-refractivity contribution is 5.91. The molecule has 0 aliphatic carbocycles. The van der Waals surface area contributed by atoms with Crippen molar-refractivity contribution < 1.29 is 14.1 Å². The van der Waals surface area contributed by atoms with Gasteiger partial charge in [-0.1, -0.05) is 53.7 Å². The predicted molar refractivity (Wildman–Crippen MR) is 94.6 cm³/mol. The number of amides is 1. The Labute approximate surface area is 145 Å². The molecule has 0 unspecified atom stereocenters. The third-order valence-electron chi connectivity index (χ3n) is 3.40. The third-order valence-corrected chi connectivity index (χ3v) is 3.40. The molecule has 1 heterocycles. The van der Waals surface area contributed by atoms with E-state index in [-0.39, 0.29) is 12.5 Å². The normalized spacial score (nSPS) is 10.7. The van der Waals surface area contributed by atoms with Crippen molar-refractivity contribution in [1.29, 1.82) is 0 Å². The van der Waals surface area contributed by atoms with Gasteiger partial charge in [-0.15, -0.1) is 0 Å². The van der Waals surface area contributed by atoms with Crippen LogP contribution in [0.25, 0.3) is 6.08 Å². The molecule has 0 spiro atoms. The lowest BCUT2D eigenvalue weighted by molar-refractivity contribution is -0.116. The van der Waals surface area contributed by atoms with Crippen molar-refractivity contribution in [3.05, 3.63) is 89.8 Å². The van der Waals surface area contributed by atoms with Gasteiger partial charge in [-0.2, -0.15) is 0 Å². The third kappa shape index (κ3) is 5.35. The number of nitrogens with one attached hydrogen (secondary N) is 1. The number of carbonyl (C=O) groups excluding carboxylic acids is 1. The van der Waals surface area contributed by atoms with Crippen molar-refractivity contribution >= 4 is 12.0 Å². The molecule has 5 heteroatoms. The molecule has 1 N–H and O–H groups in total. The van der Waals surface area contributed by atoms with Crippen LogP contribution in [0.15, 0.2) is 77.3 Å². The van der Waals surface area contributed by atoms with Crippen LogP contribution in [0.5, 0.6) is 5.75 Å². The maximum absolute atomic E-state index is 11.8. The average molecular weight is 334 g/mol. The van der Waals surface area contributed by atoms with E-state index in [1.807, 2.05) is 60.7 Å². The van der Waals surface area contributed by atoms with E-state index in [9.17, 15) is 4.79 Å². The minimum absolute atomic E-state index is 0.192. The van der Waals surface area contributed by atoms with Crippen LogP contribution in [0.1, 0.15) is 17.0 Å². The summed E-state index contributed by atoms with van der Waals surface area (Å²) in [6, 6.07) is 20.9. The highest BCUT2D eigenvalue weighted by Crippen LogP contribution is 2.12. The van der Waals surface area contributed by atoms with Gasteiger partial charge in [0.2, 0.25) is 5.91 Å². The molecule has 2 aromatic carbocycles. The fraction of sp³-hybridized carbons (Fsp3) is 0.100. The van der Waals surface area contributed by atoms with Crippen molar-refractivity contribution in [3.63, 3.8) is 0 Å². The number of ether oxygens (including phenoxy) is 1. The monoisotopic (exact) mass is 334 g/mol. The Hall–Kier alpha value is -3.34. The van der Waals surface area contributed by atoms with Gasteiger partial charge in [-0.05, 0) is 23.8 Å². The smallest absolute Gasteiger partial charge is 0.244 e. The second-order valence-corrected chi connectivity index (χ2v) is 5.35. The lowest BCUT2D eigenvalue weighted by atomic mass is 10.2. The van der Waals surface area contributed by atoms with Crippen molar-refractivity contribution in [3.8, 4) is 5.75 Å². The molecule has 1 amide bonds. The Morgan fingerprint density at radius 3 is 2.56 bits per heavy atom. The largest absolute Gasteiger partial charge is 0.487 e. The molecule has 0 saturated carbocycles. The second-order valence-electron chi connectivity index (χ2n) is 5.35. The molecule has 1 aromatic heterocycles. The number of hydrogen-bond donors (Lipinski definition) is 1. The zero-order chi connectivity index (χ0) is 17.3. The van der Waals surface area contributed by atoms with E-state index >= 15 is 0 Å². The Morgan fingerprint density at radius 2 is 1.80 bits per heavy atom. The number of para-hydroxylation sites is 1. The van der Waals surface area contributed by atoms with Crippen LogP contribution >= 0.6 is 0 Å². The van der Waals surface area contributed by atoms with Gasteiger partial charge >= 0.3 is 0 Å². The van der Waals surface area contributed by atoms with Crippen molar-refractivity contribution in [2.45, 2.75) is 13.2 Å². The fourth-order valence-electron chi connectivity index (χ4n) is 2.15. The number of benzene rings is 2. The van der Waals surface area contributed by atoms with Gasteiger partial charge in [0.15, 0.2) is 5.76 Å². The minimum Gasteiger partial charge on any atom is -0.487 e. The molecule has 0 bridgehead atoms. The van der Waals surface area contributed by atoms with Crippen LogP contribution in [0.3, 0.4) is 0 Å². The summed E-state index contributed by atoms with van der Waals surface area (Å²) in [7, 11) is 0. The van der Waals surface area contributed by atoms with Crippen LogP contribution in [0.4, 0.5) is 0 Å². The molecule has 0 radical (unpaired) electrons. The van der Waals surface area contributed by atoms with Crippen molar-refractivity contribution in [1.82, 2.24) is 10.5 Å². The topological polar surface area (TPSA) is 64.4 Å². The van der Waals surface area contributed by atoms with Crippen LogP contribution in [-0.2, 0) is 17.9 Å². The number of rotatable bonds is 7. The predicted octanol–water partition coefficient (Wildman–Crippen LogP) is 3.58. The summed E-state index contributed by atoms with van der Waals surface area (Å²) in [5.74, 6) is 1.15. The van der Waals surface area contributed by atoms with E-state index in [1.165, 1.54) is 6.08 Å². The number of aromatic nitrogens is 1. The van der Waals surface area contributed by atoms with Gasteiger partial charge in [0.1, 0.15) is 18.1 Å². The van der Waals surface area contributed by atoms with Gasteiger partial charge in [0.25, 0.3) is 0 Å². The summed E-state index contributed by atoms with van der Waals surface area (Å²) in [6.45, 7) is 0.589. The molecule has 0 saturated heterocycles. The fourth-order valence-corrected chi connectivity index (χ4v) is 2.15. The van der Waals surface area contributed by atoms with Crippen LogP contribution < -0.4 is 10.1 Å². The van der Waals surface area contributed by atoms with Gasteiger partial charge < -0.3 is 14.6 Å².